The molecule has 0 radical (unpaired) electrons. The average Bonchev–Trinajstić information content (AvgIpc) is 2.83. The van der Waals surface area contributed by atoms with Gasteiger partial charge in [-0.2, -0.15) is 0 Å². The minimum absolute atomic E-state index is 0.0911. The monoisotopic (exact) mass is 548 g/mol. The summed E-state index contributed by atoms with van der Waals surface area (Å²) in [6, 6.07) is 9.25. The van der Waals surface area contributed by atoms with E-state index >= 15 is 0 Å². The number of rotatable bonds is 4. The molecule has 2 fully saturated rings. The van der Waals surface area contributed by atoms with Crippen LogP contribution in [0.3, 0.4) is 0 Å². The number of nitrogens with two attached hydrogens (primary N) is 1. The Morgan fingerprint density at radius 2 is 1.49 bits per heavy atom. The highest BCUT2D eigenvalue weighted by atomic mass is 79.9. The second-order valence-electron chi connectivity index (χ2n) is 9.01. The Morgan fingerprint density at radius 3 is 2.09 bits per heavy atom. The lowest BCUT2D eigenvalue weighted by molar-refractivity contribution is -0.133. The number of halogens is 3. The molecule has 1 aliphatic heterocycles. The summed E-state index contributed by atoms with van der Waals surface area (Å²) in [5.41, 5.74) is 6.11. The van der Waals surface area contributed by atoms with Gasteiger partial charge in [0.2, 0.25) is 0 Å². The molecule has 0 bridgehead atoms. The normalized spacial score (nSPS) is 22.6. The minimum Gasteiger partial charge on any atom is -0.350 e. The molecule has 1 heterocycles. The zero-order valence-electron chi connectivity index (χ0n) is 19.1. The van der Waals surface area contributed by atoms with E-state index in [0.29, 0.717) is 35.4 Å². The van der Waals surface area contributed by atoms with Crippen molar-refractivity contribution in [1.82, 2.24) is 15.1 Å². The van der Waals surface area contributed by atoms with E-state index in [2.05, 4.69) is 21.2 Å². The second kappa shape index (κ2) is 10.8. The van der Waals surface area contributed by atoms with Gasteiger partial charge < -0.3 is 20.9 Å². The number of amides is 3. The first-order valence-corrected chi connectivity index (χ1v) is 12.4. The molecule has 35 heavy (non-hydrogen) atoms. The molecule has 7 nitrogen and oxygen atoms in total. The molecule has 4 rings (SSSR count). The van der Waals surface area contributed by atoms with Crippen LogP contribution < -0.4 is 11.1 Å². The molecular weight excluding hydrogens is 522 g/mol. The van der Waals surface area contributed by atoms with Gasteiger partial charge in [0.15, 0.2) is 6.17 Å². The largest absolute Gasteiger partial charge is 0.350 e. The van der Waals surface area contributed by atoms with Crippen LogP contribution in [0.4, 0.5) is 8.78 Å². The average molecular weight is 549 g/mol. The number of carbonyl (C=O) groups excluding carboxylic acids is 3. The third-order valence-corrected chi connectivity index (χ3v) is 6.94. The molecule has 3 amide bonds. The topological polar surface area (TPSA) is 95.7 Å². The van der Waals surface area contributed by atoms with Crippen LogP contribution in [0.15, 0.2) is 46.9 Å². The van der Waals surface area contributed by atoms with Crippen molar-refractivity contribution >= 4 is 33.7 Å². The van der Waals surface area contributed by atoms with Crippen molar-refractivity contribution in [3.05, 3.63) is 69.7 Å². The number of nitrogens with one attached hydrogen (secondary N) is 1. The highest BCUT2D eigenvalue weighted by Crippen LogP contribution is 2.24. The predicted molar refractivity (Wildman–Crippen MR) is 129 cm³/mol. The van der Waals surface area contributed by atoms with E-state index in [1.807, 2.05) is 0 Å². The van der Waals surface area contributed by atoms with Gasteiger partial charge in [-0.05, 0) is 62.4 Å². The summed E-state index contributed by atoms with van der Waals surface area (Å²) in [5, 5.41) is 2.98. The van der Waals surface area contributed by atoms with Crippen LogP contribution in [0.1, 0.15) is 52.8 Å². The summed E-state index contributed by atoms with van der Waals surface area (Å²) in [5.74, 6) is -3.43. The zero-order chi connectivity index (χ0) is 25.1. The lowest BCUT2D eigenvalue weighted by Gasteiger charge is -2.43. The molecule has 3 N–H and O–H groups in total. The molecule has 1 atom stereocenters. The summed E-state index contributed by atoms with van der Waals surface area (Å²) in [6.45, 7) is 0.410. The fourth-order valence-corrected chi connectivity index (χ4v) is 5.10. The van der Waals surface area contributed by atoms with Crippen molar-refractivity contribution in [3.63, 3.8) is 0 Å². The maximum absolute atomic E-state index is 13.8. The van der Waals surface area contributed by atoms with Gasteiger partial charge in [0, 0.05) is 46.8 Å². The Labute approximate surface area is 210 Å². The Balaban J connectivity index is 1.66. The van der Waals surface area contributed by atoms with Gasteiger partial charge >= 0.3 is 0 Å². The summed E-state index contributed by atoms with van der Waals surface area (Å²) in [4.78, 5) is 43.0. The second-order valence-corrected chi connectivity index (χ2v) is 9.93. The van der Waals surface area contributed by atoms with Crippen molar-refractivity contribution in [2.24, 2.45) is 5.73 Å². The highest BCUT2D eigenvalue weighted by Gasteiger charge is 2.41. The number of nitrogens with zero attached hydrogens (tertiary/aromatic N) is 2. The minimum atomic E-state index is -1.26. The van der Waals surface area contributed by atoms with Crippen LogP contribution >= 0.6 is 15.9 Å². The maximum atomic E-state index is 13.8. The van der Waals surface area contributed by atoms with Crippen molar-refractivity contribution < 1.29 is 23.2 Å². The molecule has 0 aromatic heterocycles. The molecule has 2 aromatic rings. The van der Waals surface area contributed by atoms with Crippen LogP contribution in [0.25, 0.3) is 0 Å². The molecule has 1 saturated carbocycles. The van der Waals surface area contributed by atoms with Crippen LogP contribution in [0.5, 0.6) is 0 Å². The Morgan fingerprint density at radius 1 is 0.886 bits per heavy atom. The Kier molecular flexibility index (Phi) is 7.81. The van der Waals surface area contributed by atoms with Gasteiger partial charge in [-0.1, -0.05) is 22.0 Å². The van der Waals surface area contributed by atoms with Crippen molar-refractivity contribution in [1.29, 1.82) is 0 Å². The smallest absolute Gasteiger partial charge is 0.264 e. The van der Waals surface area contributed by atoms with E-state index in [-0.39, 0.29) is 30.7 Å². The van der Waals surface area contributed by atoms with Gasteiger partial charge in [0.05, 0.1) is 0 Å². The summed E-state index contributed by atoms with van der Waals surface area (Å²) >= 11 is 3.35. The Hall–Kier alpha value is -2.85. The van der Waals surface area contributed by atoms with E-state index < -0.39 is 35.5 Å². The van der Waals surface area contributed by atoms with Crippen molar-refractivity contribution in [2.75, 3.05) is 13.1 Å². The van der Waals surface area contributed by atoms with Gasteiger partial charge in [-0.3, -0.25) is 14.4 Å². The summed E-state index contributed by atoms with van der Waals surface area (Å²) < 4.78 is 28.4. The number of carbonyl (C=O) groups is 3. The van der Waals surface area contributed by atoms with Crippen LogP contribution in [-0.2, 0) is 4.79 Å². The fraction of sp³-hybridized carbons (Fsp3) is 0.400. The first-order valence-electron chi connectivity index (χ1n) is 11.6. The summed E-state index contributed by atoms with van der Waals surface area (Å²) in [7, 11) is 0. The molecule has 2 aromatic carbocycles. The third kappa shape index (κ3) is 5.87. The summed E-state index contributed by atoms with van der Waals surface area (Å²) in [6.07, 6.45) is 2.07. The van der Waals surface area contributed by atoms with Crippen molar-refractivity contribution in [2.45, 2.75) is 50.4 Å². The maximum Gasteiger partial charge on any atom is 0.264 e. The first kappa shape index (κ1) is 25.2. The first-order chi connectivity index (χ1) is 16.7. The van der Waals surface area contributed by atoms with Crippen LogP contribution in [0, 0.1) is 11.6 Å². The standard InChI is InChI=1S/C25H27BrF2N4O3/c26-17-4-1-3-15(11-17)24(34)31-9-2-10-32(25(35)16-12-18(27)14-19(28)13-16)23(31)22(33)30-21-7-5-20(29)6-8-21/h1,3-4,11-14,20-21,23H,2,5-10,29H2,(H,30,33). The Bertz CT molecular complexity index is 1100. The molecule has 1 saturated heterocycles. The highest BCUT2D eigenvalue weighted by molar-refractivity contribution is 9.10. The number of benzene rings is 2. The van der Waals surface area contributed by atoms with Gasteiger partial charge in [-0.15, -0.1) is 0 Å². The van der Waals surface area contributed by atoms with Crippen LogP contribution in [-0.4, -0.2) is 58.9 Å². The van der Waals surface area contributed by atoms with E-state index in [4.69, 9.17) is 5.73 Å². The lowest BCUT2D eigenvalue weighted by atomic mass is 9.91. The zero-order valence-corrected chi connectivity index (χ0v) is 20.6. The molecule has 2 aliphatic rings. The van der Waals surface area contributed by atoms with Crippen molar-refractivity contribution in [3.8, 4) is 0 Å². The molecule has 186 valence electrons. The SMILES string of the molecule is NC1CCC(NC(=O)C2N(C(=O)c3cc(F)cc(F)c3)CCCN2C(=O)c2cccc(Br)c2)CC1. The molecule has 1 unspecified atom stereocenters. The molecule has 1 aliphatic carbocycles. The van der Waals surface area contributed by atoms with E-state index in [1.165, 1.54) is 9.80 Å². The van der Waals surface area contributed by atoms with Gasteiger partial charge in [0.1, 0.15) is 11.6 Å². The lowest BCUT2D eigenvalue weighted by Crippen LogP contribution is -2.64. The van der Waals surface area contributed by atoms with Gasteiger partial charge in [0.25, 0.3) is 17.7 Å². The number of hydrogen-bond acceptors (Lipinski definition) is 4. The predicted octanol–water partition coefficient (Wildman–Crippen LogP) is 3.43. The van der Waals surface area contributed by atoms with E-state index in [1.54, 1.807) is 24.3 Å². The molecule has 0 spiro atoms. The van der Waals surface area contributed by atoms with E-state index in [9.17, 15) is 23.2 Å². The molecule has 10 heteroatoms. The van der Waals surface area contributed by atoms with E-state index in [0.717, 1.165) is 25.0 Å². The fourth-order valence-electron chi connectivity index (χ4n) is 4.70. The number of hydrogen-bond donors (Lipinski definition) is 2. The van der Waals surface area contributed by atoms with Crippen LogP contribution in [0.2, 0.25) is 0 Å². The third-order valence-electron chi connectivity index (χ3n) is 6.44. The quantitative estimate of drug-likeness (QED) is 0.611. The molecular formula is C25H27BrF2N4O3. The van der Waals surface area contributed by atoms with Gasteiger partial charge in [-0.25, -0.2) is 8.78 Å².